The lowest BCUT2D eigenvalue weighted by Crippen LogP contribution is -2.38. The number of aryl methyl sites for hydroxylation is 2. The molecule has 4 amide bonds. The van der Waals surface area contributed by atoms with Crippen LogP contribution < -0.4 is 5.32 Å². The number of carbonyl (C=O) groups excluding carboxylic acids is 3. The molecule has 124 valence electrons. The average Bonchev–Trinajstić information content (AvgIpc) is 2.94. The molecule has 1 N–H and O–H groups in total. The predicted molar refractivity (Wildman–Crippen MR) is 86.4 cm³/mol. The van der Waals surface area contributed by atoms with Gasteiger partial charge in [-0.3, -0.25) is 14.5 Å². The number of imide groups is 1. The van der Waals surface area contributed by atoms with Crippen molar-refractivity contribution in [1.29, 1.82) is 0 Å². The average molecular weight is 336 g/mol. The van der Waals surface area contributed by atoms with E-state index in [2.05, 4.69) is 10.3 Å². The smallest absolute Gasteiger partial charge is 0.318 e. The van der Waals surface area contributed by atoms with Crippen LogP contribution in [-0.2, 0) is 22.4 Å². The lowest BCUT2D eigenvalue weighted by molar-refractivity contribution is -0.129. The van der Waals surface area contributed by atoms with Gasteiger partial charge in [0.05, 0.1) is 5.69 Å². The molecule has 1 aliphatic carbocycles. The number of rotatable bonds is 3. The molecule has 7 nitrogen and oxygen atoms in total. The van der Waals surface area contributed by atoms with E-state index in [1.165, 1.54) is 34.0 Å². The highest BCUT2D eigenvalue weighted by Gasteiger charge is 2.34. The van der Waals surface area contributed by atoms with Crippen molar-refractivity contribution in [2.45, 2.75) is 38.5 Å². The van der Waals surface area contributed by atoms with Crippen molar-refractivity contribution < 1.29 is 14.4 Å². The Kier molecular flexibility index (Phi) is 4.61. The summed E-state index contributed by atoms with van der Waals surface area (Å²) in [6.07, 6.45) is 6.72. The van der Waals surface area contributed by atoms with Gasteiger partial charge >= 0.3 is 6.03 Å². The summed E-state index contributed by atoms with van der Waals surface area (Å²) in [6, 6.07) is -0.434. The van der Waals surface area contributed by atoms with Crippen LogP contribution in [0.1, 0.15) is 36.3 Å². The van der Waals surface area contributed by atoms with E-state index in [1.807, 2.05) is 0 Å². The molecule has 0 spiro atoms. The number of nitrogens with one attached hydrogen (secondary N) is 1. The van der Waals surface area contributed by atoms with Crippen LogP contribution in [-0.4, -0.2) is 52.8 Å². The summed E-state index contributed by atoms with van der Waals surface area (Å²) in [5.41, 5.74) is 1.08. The zero-order valence-corrected chi connectivity index (χ0v) is 13.9. The molecule has 0 aromatic carbocycles. The summed E-state index contributed by atoms with van der Waals surface area (Å²) in [6.45, 7) is -0.232. The molecule has 2 heterocycles. The number of thiazole rings is 1. The Morgan fingerprint density at radius 1 is 1.22 bits per heavy atom. The third kappa shape index (κ3) is 3.52. The number of nitrogens with zero attached hydrogens (tertiary/aromatic N) is 3. The zero-order valence-electron chi connectivity index (χ0n) is 13.1. The molecule has 0 radical (unpaired) electrons. The van der Waals surface area contributed by atoms with Crippen LogP contribution in [0.4, 0.5) is 9.93 Å². The second-order valence-corrected chi connectivity index (χ2v) is 7.05. The van der Waals surface area contributed by atoms with E-state index in [0.29, 0.717) is 5.13 Å². The number of amides is 4. The highest BCUT2D eigenvalue weighted by Crippen LogP contribution is 2.28. The van der Waals surface area contributed by atoms with Crippen molar-refractivity contribution >= 4 is 34.3 Å². The first-order valence-electron chi connectivity index (χ1n) is 7.88. The molecule has 0 bridgehead atoms. The number of hydrogen-bond acceptors (Lipinski definition) is 5. The number of aromatic nitrogens is 1. The molecule has 3 rings (SSSR count). The van der Waals surface area contributed by atoms with Crippen LogP contribution in [0, 0.1) is 0 Å². The molecule has 1 aromatic rings. The summed E-state index contributed by atoms with van der Waals surface area (Å²) in [5, 5.41) is 3.29. The number of hydrogen-bond donors (Lipinski definition) is 1. The first-order chi connectivity index (χ1) is 11.0. The van der Waals surface area contributed by atoms with Crippen LogP contribution in [0.25, 0.3) is 0 Å². The lowest BCUT2D eigenvalue weighted by atomic mass is 10.0. The highest BCUT2D eigenvalue weighted by atomic mass is 32.1. The summed E-state index contributed by atoms with van der Waals surface area (Å²) in [7, 11) is 1.54. The molecule has 1 aliphatic heterocycles. The molecule has 1 fully saturated rings. The SMILES string of the molecule is CN1CC(=O)N(CC(=O)Nc2nc3c(s2)CCCCCC3)C1=O. The van der Waals surface area contributed by atoms with Crippen LogP contribution in [0.15, 0.2) is 0 Å². The summed E-state index contributed by atoms with van der Waals surface area (Å²) in [5.74, 6) is -0.734. The van der Waals surface area contributed by atoms with E-state index in [-0.39, 0.29) is 24.9 Å². The maximum absolute atomic E-state index is 12.1. The molecular formula is C15H20N4O3S. The second-order valence-electron chi connectivity index (χ2n) is 5.97. The first-order valence-corrected chi connectivity index (χ1v) is 8.70. The van der Waals surface area contributed by atoms with E-state index in [1.54, 1.807) is 7.05 Å². The van der Waals surface area contributed by atoms with Gasteiger partial charge in [-0.1, -0.05) is 12.8 Å². The minimum atomic E-state index is -0.434. The van der Waals surface area contributed by atoms with E-state index >= 15 is 0 Å². The number of anilines is 1. The van der Waals surface area contributed by atoms with Crippen molar-refractivity contribution in [3.63, 3.8) is 0 Å². The van der Waals surface area contributed by atoms with Crippen LogP contribution in [0.2, 0.25) is 0 Å². The molecule has 1 aromatic heterocycles. The van der Waals surface area contributed by atoms with Gasteiger partial charge in [-0.05, 0) is 25.7 Å². The monoisotopic (exact) mass is 336 g/mol. The van der Waals surface area contributed by atoms with Crippen LogP contribution in [0.5, 0.6) is 0 Å². The van der Waals surface area contributed by atoms with Crippen LogP contribution >= 0.6 is 11.3 Å². The van der Waals surface area contributed by atoms with Gasteiger partial charge in [0.15, 0.2) is 5.13 Å². The minimum absolute atomic E-state index is 0.0255. The molecule has 0 saturated carbocycles. The maximum Gasteiger partial charge on any atom is 0.327 e. The Bertz CT molecular complexity index is 617. The third-order valence-electron chi connectivity index (χ3n) is 4.12. The molecule has 23 heavy (non-hydrogen) atoms. The van der Waals surface area contributed by atoms with Gasteiger partial charge in [0.1, 0.15) is 13.1 Å². The number of carbonyl (C=O) groups is 3. The van der Waals surface area contributed by atoms with Crippen molar-refractivity contribution in [3.8, 4) is 0 Å². The lowest BCUT2D eigenvalue weighted by Gasteiger charge is -2.12. The third-order valence-corrected chi connectivity index (χ3v) is 5.20. The molecule has 8 heteroatoms. The Balaban J connectivity index is 1.63. The zero-order chi connectivity index (χ0) is 16.4. The predicted octanol–water partition coefficient (Wildman–Crippen LogP) is 1.63. The number of fused-ring (bicyclic) bond motifs is 1. The van der Waals surface area contributed by atoms with Crippen LogP contribution in [0.3, 0.4) is 0 Å². The van der Waals surface area contributed by atoms with Gasteiger partial charge in [-0.2, -0.15) is 0 Å². The molecule has 2 aliphatic rings. The number of urea groups is 1. The largest absolute Gasteiger partial charge is 0.327 e. The van der Waals surface area contributed by atoms with Gasteiger partial charge in [0, 0.05) is 11.9 Å². The summed E-state index contributed by atoms with van der Waals surface area (Å²) < 4.78 is 0. The normalized spacial score (nSPS) is 18.7. The first kappa shape index (κ1) is 15.9. The standard InChI is InChI=1S/C15H20N4O3S/c1-18-9-13(21)19(15(18)22)8-12(20)17-14-16-10-6-4-2-3-5-7-11(10)23-14/h2-9H2,1H3,(H,16,17,20). The molecular weight excluding hydrogens is 316 g/mol. The van der Waals surface area contributed by atoms with E-state index in [4.69, 9.17) is 0 Å². The van der Waals surface area contributed by atoms with Gasteiger partial charge in [0.25, 0.3) is 5.91 Å². The van der Waals surface area contributed by atoms with E-state index < -0.39 is 6.03 Å². The van der Waals surface area contributed by atoms with Crippen molar-refractivity contribution in [3.05, 3.63) is 10.6 Å². The second kappa shape index (κ2) is 6.66. The van der Waals surface area contributed by atoms with Gasteiger partial charge < -0.3 is 10.2 Å². The van der Waals surface area contributed by atoms with E-state index in [0.717, 1.165) is 36.3 Å². The molecule has 0 unspecified atom stereocenters. The van der Waals surface area contributed by atoms with E-state index in [9.17, 15) is 14.4 Å². The Morgan fingerprint density at radius 3 is 2.65 bits per heavy atom. The fourth-order valence-electron chi connectivity index (χ4n) is 2.89. The van der Waals surface area contributed by atoms with Crippen molar-refractivity contribution in [2.24, 2.45) is 0 Å². The Hall–Kier alpha value is -1.96. The fraction of sp³-hybridized carbons (Fsp3) is 0.600. The molecule has 1 saturated heterocycles. The van der Waals surface area contributed by atoms with Crippen molar-refractivity contribution in [1.82, 2.24) is 14.8 Å². The Labute approximate surface area is 138 Å². The fourth-order valence-corrected chi connectivity index (χ4v) is 3.95. The van der Waals surface area contributed by atoms with Gasteiger partial charge in [-0.15, -0.1) is 11.3 Å². The highest BCUT2D eigenvalue weighted by molar-refractivity contribution is 7.15. The van der Waals surface area contributed by atoms with Crippen molar-refractivity contribution in [2.75, 3.05) is 25.5 Å². The quantitative estimate of drug-likeness (QED) is 0.851. The Morgan fingerprint density at radius 2 is 1.96 bits per heavy atom. The summed E-state index contributed by atoms with van der Waals surface area (Å²) in [4.78, 5) is 43.6. The van der Waals surface area contributed by atoms with Gasteiger partial charge in [0.2, 0.25) is 5.91 Å². The molecule has 0 atom stereocenters. The summed E-state index contributed by atoms with van der Waals surface area (Å²) >= 11 is 1.50. The number of likely N-dealkylation sites (N-methyl/N-ethyl adjacent to an activating group) is 1. The topological polar surface area (TPSA) is 82.6 Å². The van der Waals surface area contributed by atoms with Gasteiger partial charge in [-0.25, -0.2) is 9.78 Å². The maximum atomic E-state index is 12.1. The minimum Gasteiger partial charge on any atom is -0.318 e.